The summed E-state index contributed by atoms with van der Waals surface area (Å²) in [5, 5.41) is 22.1. The predicted octanol–water partition coefficient (Wildman–Crippen LogP) is 2.93. The molecule has 0 amide bonds. The first-order chi connectivity index (χ1) is 12.7. The number of rotatable bonds is 3. The highest BCUT2D eigenvalue weighted by Crippen LogP contribution is 2.40. The minimum atomic E-state index is 0.304. The van der Waals surface area contributed by atoms with Crippen molar-refractivity contribution in [2.75, 3.05) is 5.32 Å². The van der Waals surface area contributed by atoms with Crippen LogP contribution in [0.4, 0.5) is 5.13 Å². The Morgan fingerprint density at radius 1 is 1.31 bits per heavy atom. The molecule has 0 saturated heterocycles. The second-order valence-corrected chi connectivity index (χ2v) is 7.79. The number of nitriles is 1. The number of nitrogens with zero attached hydrogens (tertiary/aromatic N) is 6. The van der Waals surface area contributed by atoms with Crippen LogP contribution in [0.1, 0.15) is 36.4 Å². The topological polar surface area (TPSA) is 108 Å². The van der Waals surface area contributed by atoms with Gasteiger partial charge in [-0.3, -0.25) is 4.40 Å². The molecule has 0 radical (unpaired) electrons. The Bertz CT molecular complexity index is 1130. The van der Waals surface area contributed by atoms with Crippen molar-refractivity contribution in [3.8, 4) is 6.07 Å². The summed E-state index contributed by atoms with van der Waals surface area (Å²) in [6.07, 6.45) is 7.24. The van der Waals surface area contributed by atoms with E-state index in [2.05, 4.69) is 47.9 Å². The van der Waals surface area contributed by atoms with Gasteiger partial charge in [-0.15, -0.1) is 10.2 Å². The number of H-pyrrole nitrogens is 1. The van der Waals surface area contributed by atoms with Gasteiger partial charge in [-0.2, -0.15) is 5.26 Å². The summed E-state index contributed by atoms with van der Waals surface area (Å²) < 4.78 is 2.11. The Labute approximate surface area is 152 Å². The van der Waals surface area contributed by atoms with E-state index in [0.717, 1.165) is 40.6 Å². The number of fused-ring (bicyclic) bond motifs is 3. The van der Waals surface area contributed by atoms with Crippen molar-refractivity contribution in [3.63, 3.8) is 0 Å². The molecule has 1 saturated carbocycles. The van der Waals surface area contributed by atoms with E-state index < -0.39 is 0 Å². The zero-order valence-electron chi connectivity index (χ0n) is 14.0. The Hall–Kier alpha value is -2.99. The lowest BCUT2D eigenvalue weighted by atomic mass is 9.97. The second kappa shape index (κ2) is 5.78. The molecule has 8 nitrogen and oxygen atoms in total. The predicted molar refractivity (Wildman–Crippen MR) is 98.0 cm³/mol. The lowest BCUT2D eigenvalue weighted by molar-refractivity contribution is 0.507. The molecule has 0 spiro atoms. The second-order valence-electron chi connectivity index (χ2n) is 6.76. The molecule has 3 atom stereocenters. The number of thiazole rings is 1. The standard InChI is InChI=1S/C17H16N8S/c1-9-4-10(22-17-21-7-11(6-18)26-17)5-12(9)16-24-23-14-8-20-15-13(25(14)16)2-3-19-15/h2-3,7-10,12,19H,4-5H2,1H3,(H,21,22)/t9-,10+,12+/m1/s1. The fourth-order valence-corrected chi connectivity index (χ4v) is 4.62. The van der Waals surface area contributed by atoms with Crippen LogP contribution in [0.25, 0.3) is 16.8 Å². The van der Waals surface area contributed by atoms with Crippen molar-refractivity contribution in [2.24, 2.45) is 5.92 Å². The average molecular weight is 364 g/mol. The summed E-state index contributed by atoms with van der Waals surface area (Å²) in [4.78, 5) is 12.4. The molecule has 5 rings (SSSR count). The van der Waals surface area contributed by atoms with Crippen LogP contribution in [0, 0.1) is 17.2 Å². The van der Waals surface area contributed by atoms with Crippen LogP contribution in [0.15, 0.2) is 24.7 Å². The molecule has 130 valence electrons. The quantitative estimate of drug-likeness (QED) is 0.579. The van der Waals surface area contributed by atoms with Crippen LogP contribution in [0.3, 0.4) is 0 Å². The van der Waals surface area contributed by atoms with Gasteiger partial charge >= 0.3 is 0 Å². The maximum Gasteiger partial charge on any atom is 0.184 e. The zero-order chi connectivity index (χ0) is 17.7. The summed E-state index contributed by atoms with van der Waals surface area (Å²) in [6, 6.07) is 4.45. The van der Waals surface area contributed by atoms with Crippen molar-refractivity contribution < 1.29 is 0 Å². The Morgan fingerprint density at radius 3 is 3.08 bits per heavy atom. The largest absolute Gasteiger partial charge is 0.359 e. The monoisotopic (exact) mass is 364 g/mol. The molecule has 0 bridgehead atoms. The van der Waals surface area contributed by atoms with E-state index in [9.17, 15) is 0 Å². The average Bonchev–Trinajstić information content (AvgIpc) is 3.39. The molecule has 26 heavy (non-hydrogen) atoms. The molecule has 1 fully saturated rings. The highest BCUT2D eigenvalue weighted by atomic mass is 32.1. The summed E-state index contributed by atoms with van der Waals surface area (Å²) in [7, 11) is 0. The zero-order valence-corrected chi connectivity index (χ0v) is 14.9. The van der Waals surface area contributed by atoms with Crippen molar-refractivity contribution >= 4 is 33.3 Å². The molecule has 9 heteroatoms. The molecule has 2 N–H and O–H groups in total. The first-order valence-corrected chi connectivity index (χ1v) is 9.34. The molecule has 0 aromatic carbocycles. The van der Waals surface area contributed by atoms with E-state index in [1.54, 1.807) is 12.4 Å². The summed E-state index contributed by atoms with van der Waals surface area (Å²) in [5.74, 6) is 1.76. The number of aromatic nitrogens is 6. The molecule has 0 unspecified atom stereocenters. The lowest BCUT2D eigenvalue weighted by Crippen LogP contribution is -2.15. The minimum absolute atomic E-state index is 0.304. The van der Waals surface area contributed by atoms with E-state index in [-0.39, 0.29) is 0 Å². The van der Waals surface area contributed by atoms with Crippen molar-refractivity contribution in [1.82, 2.24) is 29.5 Å². The van der Waals surface area contributed by atoms with Crippen LogP contribution in [0.2, 0.25) is 0 Å². The third kappa shape index (κ3) is 2.34. The number of nitrogens with one attached hydrogen (secondary N) is 2. The number of aromatic amines is 1. The fraction of sp³-hybridized carbons (Fsp3) is 0.353. The van der Waals surface area contributed by atoms with E-state index >= 15 is 0 Å². The first kappa shape index (κ1) is 15.3. The van der Waals surface area contributed by atoms with Gasteiger partial charge in [0.05, 0.1) is 17.9 Å². The van der Waals surface area contributed by atoms with Gasteiger partial charge in [0.1, 0.15) is 16.8 Å². The van der Waals surface area contributed by atoms with Gasteiger partial charge in [-0.05, 0) is 24.8 Å². The summed E-state index contributed by atoms with van der Waals surface area (Å²) in [5.41, 5.74) is 2.62. The normalized spacial score (nSPS) is 22.8. The van der Waals surface area contributed by atoms with Gasteiger partial charge in [0.25, 0.3) is 0 Å². The fourth-order valence-electron chi connectivity index (χ4n) is 3.93. The van der Waals surface area contributed by atoms with Crippen LogP contribution in [-0.4, -0.2) is 35.6 Å². The molecule has 1 aliphatic carbocycles. The van der Waals surface area contributed by atoms with E-state index in [1.807, 2.05) is 12.3 Å². The Morgan fingerprint density at radius 2 is 2.23 bits per heavy atom. The molecule has 1 aliphatic rings. The highest BCUT2D eigenvalue weighted by Gasteiger charge is 2.36. The van der Waals surface area contributed by atoms with Crippen molar-refractivity contribution in [1.29, 1.82) is 5.26 Å². The number of hydrogen-bond acceptors (Lipinski definition) is 7. The molecular formula is C17H16N8S. The van der Waals surface area contributed by atoms with E-state index in [1.165, 1.54) is 11.3 Å². The van der Waals surface area contributed by atoms with Gasteiger partial charge in [-0.25, -0.2) is 9.97 Å². The van der Waals surface area contributed by atoms with Crippen molar-refractivity contribution in [3.05, 3.63) is 35.4 Å². The van der Waals surface area contributed by atoms with Gasteiger partial charge < -0.3 is 10.3 Å². The molecular weight excluding hydrogens is 348 g/mol. The van der Waals surface area contributed by atoms with Gasteiger partial charge in [0.15, 0.2) is 16.4 Å². The van der Waals surface area contributed by atoms with Crippen LogP contribution >= 0.6 is 11.3 Å². The molecule has 4 aromatic heterocycles. The third-order valence-electron chi connectivity index (χ3n) is 5.12. The van der Waals surface area contributed by atoms with Gasteiger partial charge in [0.2, 0.25) is 0 Å². The Balaban J connectivity index is 1.46. The molecule has 4 aromatic rings. The summed E-state index contributed by atoms with van der Waals surface area (Å²) in [6.45, 7) is 2.26. The van der Waals surface area contributed by atoms with Gasteiger partial charge in [-0.1, -0.05) is 18.3 Å². The third-order valence-corrected chi connectivity index (χ3v) is 5.96. The smallest absolute Gasteiger partial charge is 0.184 e. The summed E-state index contributed by atoms with van der Waals surface area (Å²) >= 11 is 1.40. The maximum absolute atomic E-state index is 8.96. The number of anilines is 1. The van der Waals surface area contributed by atoms with Crippen LogP contribution in [-0.2, 0) is 0 Å². The SMILES string of the molecule is C[C@@H]1C[C@H](Nc2ncc(C#N)s2)C[C@@H]1c1nnc2cnc3[nH]ccc3n12. The van der Waals surface area contributed by atoms with Crippen LogP contribution < -0.4 is 5.32 Å². The van der Waals surface area contributed by atoms with E-state index in [0.29, 0.717) is 22.8 Å². The lowest BCUT2D eigenvalue weighted by Gasteiger charge is -2.13. The van der Waals surface area contributed by atoms with Gasteiger partial charge in [0, 0.05) is 18.2 Å². The number of hydrogen-bond donors (Lipinski definition) is 2. The van der Waals surface area contributed by atoms with E-state index in [4.69, 9.17) is 5.26 Å². The minimum Gasteiger partial charge on any atom is -0.359 e. The molecule has 0 aliphatic heterocycles. The van der Waals surface area contributed by atoms with Crippen LogP contribution in [0.5, 0.6) is 0 Å². The Kier molecular flexibility index (Phi) is 3.39. The van der Waals surface area contributed by atoms with Crippen molar-refractivity contribution in [2.45, 2.75) is 31.7 Å². The first-order valence-electron chi connectivity index (χ1n) is 8.52. The highest BCUT2D eigenvalue weighted by molar-refractivity contribution is 7.16. The maximum atomic E-state index is 8.96. The molecule has 4 heterocycles.